The molecule has 3 heterocycles. The molecule has 0 bridgehead atoms. The first-order chi connectivity index (χ1) is 21.2. The predicted octanol–water partition coefficient (Wildman–Crippen LogP) is 3.69. The van der Waals surface area contributed by atoms with Crippen LogP contribution in [0, 0.1) is 5.92 Å². The van der Waals surface area contributed by atoms with Gasteiger partial charge in [0.25, 0.3) is 10.0 Å². The van der Waals surface area contributed by atoms with Crippen LogP contribution >= 0.6 is 0 Å². The van der Waals surface area contributed by atoms with E-state index in [0.29, 0.717) is 54.4 Å². The van der Waals surface area contributed by atoms with Crippen molar-refractivity contribution in [3.05, 3.63) is 94.3 Å². The number of H-pyrrole nitrogens is 1. The van der Waals surface area contributed by atoms with Gasteiger partial charge in [-0.15, -0.1) is 0 Å². The van der Waals surface area contributed by atoms with Crippen LogP contribution in [0.4, 0.5) is 11.5 Å². The molecule has 2 unspecified atom stereocenters. The zero-order chi connectivity index (χ0) is 30.7. The quantitative estimate of drug-likeness (QED) is 0.160. The van der Waals surface area contributed by atoms with E-state index in [1.54, 1.807) is 59.3 Å². The fourth-order valence-electron chi connectivity index (χ4n) is 5.65. The number of aliphatic hydroxyl groups is 1. The second-order valence-electron chi connectivity index (χ2n) is 11.7. The number of rotatable bonds is 12. The Morgan fingerprint density at radius 2 is 1.93 bits per heavy atom. The van der Waals surface area contributed by atoms with Crippen molar-refractivity contribution in [1.29, 1.82) is 0 Å². The van der Waals surface area contributed by atoms with E-state index in [9.17, 15) is 18.3 Å². The number of anilines is 2. The first-order valence-electron chi connectivity index (χ1n) is 15.1. The molecule has 2 atom stereocenters. The average molecular weight is 619 g/mol. The number of benzene rings is 2. The van der Waals surface area contributed by atoms with E-state index in [-0.39, 0.29) is 16.7 Å². The van der Waals surface area contributed by atoms with Crippen molar-refractivity contribution < 1.29 is 18.3 Å². The number of aliphatic hydroxyl groups excluding tert-OH is 1. The Kier molecular flexibility index (Phi) is 8.74. The van der Waals surface area contributed by atoms with Gasteiger partial charge < -0.3 is 25.9 Å². The zero-order valence-electron chi connectivity index (χ0n) is 24.4. The van der Waals surface area contributed by atoms with Gasteiger partial charge >= 0.3 is 5.69 Å². The van der Waals surface area contributed by atoms with Crippen LogP contribution in [0.2, 0.25) is 0 Å². The fraction of sp³-hybridized carbons (Fsp3) is 0.375. The Hall–Kier alpha value is -4.13. The van der Waals surface area contributed by atoms with Gasteiger partial charge in [-0.25, -0.2) is 18.2 Å². The highest BCUT2D eigenvalue weighted by Crippen LogP contribution is 2.31. The minimum absolute atomic E-state index is 0.107. The highest BCUT2D eigenvalue weighted by molar-refractivity contribution is 7.92. The Morgan fingerprint density at radius 3 is 2.66 bits per heavy atom. The highest BCUT2D eigenvalue weighted by atomic mass is 32.2. The van der Waals surface area contributed by atoms with Gasteiger partial charge in [0.2, 0.25) is 0 Å². The van der Waals surface area contributed by atoms with Crippen molar-refractivity contribution in [3.8, 4) is 11.4 Å². The normalized spacial score (nSPS) is 17.3. The topological polar surface area (TPSA) is 164 Å². The number of hydrogen-bond acceptors (Lipinski definition) is 8. The van der Waals surface area contributed by atoms with Gasteiger partial charge in [-0.1, -0.05) is 25.3 Å². The molecule has 0 spiro atoms. The predicted molar refractivity (Wildman–Crippen MR) is 169 cm³/mol. The Morgan fingerprint density at radius 1 is 1.11 bits per heavy atom. The van der Waals surface area contributed by atoms with E-state index in [1.807, 2.05) is 6.20 Å². The van der Waals surface area contributed by atoms with Crippen LogP contribution in [0.5, 0.6) is 5.75 Å². The van der Waals surface area contributed by atoms with Gasteiger partial charge in [-0.05, 0) is 85.7 Å². The molecule has 1 fully saturated rings. The summed E-state index contributed by atoms with van der Waals surface area (Å²) in [5.74, 6) is 1.82. The van der Waals surface area contributed by atoms with Crippen molar-refractivity contribution in [2.75, 3.05) is 23.5 Å². The van der Waals surface area contributed by atoms with Gasteiger partial charge in [0, 0.05) is 42.4 Å². The molecular formula is C32H38N6O5S. The standard InChI is InChI=1S/C32H38N6O5S/c33-31-15-6-23(17-35-31)29(39)19-34-18-27-12-5-22-16-28(13-14-30(22)43-27)44(41,42)37-24-8-10-26(11-9-24)38-20-25(36-32(38)40)7-4-21-2-1-3-21/h6,8-11,13-17,20-21,27,29,34,37,39H,1-5,7,12,18-19H2,(H2,33,35)(H,36,40). The summed E-state index contributed by atoms with van der Waals surface area (Å²) in [4.78, 5) is 19.6. The maximum atomic E-state index is 13.2. The number of pyridine rings is 1. The first kappa shape index (κ1) is 29.9. The molecule has 232 valence electrons. The van der Waals surface area contributed by atoms with E-state index < -0.39 is 16.1 Å². The van der Waals surface area contributed by atoms with Crippen molar-refractivity contribution in [3.63, 3.8) is 0 Å². The number of sulfonamides is 1. The lowest BCUT2D eigenvalue weighted by atomic mass is 9.82. The summed E-state index contributed by atoms with van der Waals surface area (Å²) in [6.07, 6.45) is 9.73. The van der Waals surface area contributed by atoms with E-state index in [4.69, 9.17) is 10.5 Å². The maximum Gasteiger partial charge on any atom is 0.330 e. The summed E-state index contributed by atoms with van der Waals surface area (Å²) in [5.41, 5.74) is 8.89. The molecule has 6 N–H and O–H groups in total. The molecule has 0 saturated heterocycles. The molecule has 11 nitrogen and oxygen atoms in total. The smallest absolute Gasteiger partial charge is 0.330 e. The molecule has 44 heavy (non-hydrogen) atoms. The van der Waals surface area contributed by atoms with Crippen LogP contribution in [-0.4, -0.2) is 47.3 Å². The maximum absolute atomic E-state index is 13.2. The van der Waals surface area contributed by atoms with Crippen LogP contribution in [-0.2, 0) is 22.9 Å². The van der Waals surface area contributed by atoms with Crippen LogP contribution in [0.25, 0.3) is 5.69 Å². The number of aryl methyl sites for hydroxylation is 2. The molecule has 6 rings (SSSR count). The largest absolute Gasteiger partial charge is 0.489 e. The second kappa shape index (κ2) is 12.8. The molecule has 1 aliphatic carbocycles. The Bertz CT molecular complexity index is 1750. The molecule has 2 aromatic heterocycles. The van der Waals surface area contributed by atoms with E-state index in [2.05, 4.69) is 20.0 Å². The second-order valence-corrected chi connectivity index (χ2v) is 13.4. The third-order valence-electron chi connectivity index (χ3n) is 8.49. The molecule has 2 aliphatic rings. The monoisotopic (exact) mass is 618 g/mol. The third kappa shape index (κ3) is 6.98. The highest BCUT2D eigenvalue weighted by Gasteiger charge is 2.23. The number of fused-ring (bicyclic) bond motifs is 1. The summed E-state index contributed by atoms with van der Waals surface area (Å²) in [6, 6.07) is 15.0. The Labute approximate surface area is 256 Å². The fourth-order valence-corrected chi connectivity index (χ4v) is 6.76. The number of nitrogens with one attached hydrogen (secondary N) is 3. The summed E-state index contributed by atoms with van der Waals surface area (Å²) in [6.45, 7) is 0.874. The molecule has 4 aromatic rings. The van der Waals surface area contributed by atoms with Crippen LogP contribution in [0.15, 0.2) is 76.7 Å². The molecule has 0 amide bonds. The molecule has 1 saturated carbocycles. The summed E-state index contributed by atoms with van der Waals surface area (Å²) in [7, 11) is -3.84. The number of aromatic nitrogens is 3. The molecule has 2 aromatic carbocycles. The number of aromatic amines is 1. The number of ether oxygens (including phenoxy) is 1. The van der Waals surface area contributed by atoms with Crippen molar-refractivity contribution >= 4 is 21.5 Å². The van der Waals surface area contributed by atoms with Gasteiger partial charge in [0.15, 0.2) is 0 Å². The van der Waals surface area contributed by atoms with Crippen LogP contribution in [0.1, 0.15) is 55.0 Å². The SMILES string of the molecule is Nc1ccc(C(O)CNCC2CCc3cc(S(=O)(=O)Nc4ccc(-n5cc(CCC6CCC6)[nH]c5=O)cc4)ccc3O2)cn1. The van der Waals surface area contributed by atoms with Gasteiger partial charge in [-0.3, -0.25) is 9.29 Å². The van der Waals surface area contributed by atoms with Crippen molar-refractivity contribution in [2.45, 2.75) is 62.0 Å². The van der Waals surface area contributed by atoms with Crippen molar-refractivity contribution in [2.24, 2.45) is 5.92 Å². The van der Waals surface area contributed by atoms with Gasteiger partial charge in [-0.2, -0.15) is 0 Å². The number of hydrogen-bond donors (Lipinski definition) is 5. The first-order valence-corrected chi connectivity index (χ1v) is 16.6. The average Bonchev–Trinajstić information content (AvgIpc) is 3.36. The number of nitrogens with two attached hydrogens (primary N) is 1. The molecular weight excluding hydrogens is 580 g/mol. The molecule has 12 heteroatoms. The van der Waals surface area contributed by atoms with Gasteiger partial charge in [0.1, 0.15) is 17.7 Å². The number of nitrogens with zero attached hydrogens (tertiary/aromatic N) is 2. The number of nitrogen functional groups attached to an aromatic ring is 1. The summed E-state index contributed by atoms with van der Waals surface area (Å²) < 4.78 is 36.7. The number of imidazole rings is 1. The van der Waals surface area contributed by atoms with E-state index in [1.165, 1.54) is 25.3 Å². The van der Waals surface area contributed by atoms with Crippen molar-refractivity contribution in [1.82, 2.24) is 19.9 Å². The van der Waals surface area contributed by atoms with Gasteiger partial charge in [0.05, 0.1) is 16.7 Å². The Balaban J connectivity index is 1.03. The lowest BCUT2D eigenvalue weighted by Crippen LogP contribution is -2.36. The van der Waals surface area contributed by atoms with E-state index in [0.717, 1.165) is 30.0 Å². The summed E-state index contributed by atoms with van der Waals surface area (Å²) >= 11 is 0. The third-order valence-corrected chi connectivity index (χ3v) is 9.87. The molecule has 1 aliphatic heterocycles. The lowest BCUT2D eigenvalue weighted by Gasteiger charge is -2.27. The summed E-state index contributed by atoms with van der Waals surface area (Å²) in [5, 5.41) is 13.6. The van der Waals surface area contributed by atoms with E-state index >= 15 is 0 Å². The minimum Gasteiger partial charge on any atom is -0.489 e. The van der Waals surface area contributed by atoms with Crippen LogP contribution < -0.4 is 26.2 Å². The zero-order valence-corrected chi connectivity index (χ0v) is 25.2. The van der Waals surface area contributed by atoms with Crippen LogP contribution in [0.3, 0.4) is 0 Å². The minimum atomic E-state index is -3.84. The molecule has 0 radical (unpaired) electrons. The lowest BCUT2D eigenvalue weighted by molar-refractivity contribution is 0.146.